The van der Waals surface area contributed by atoms with Crippen LogP contribution in [0.25, 0.3) is 0 Å². The molecule has 21 heavy (non-hydrogen) atoms. The van der Waals surface area contributed by atoms with Gasteiger partial charge in [-0.15, -0.1) is 0 Å². The van der Waals surface area contributed by atoms with Crippen molar-refractivity contribution in [2.45, 2.75) is 39.8 Å². The van der Waals surface area contributed by atoms with Gasteiger partial charge >= 0.3 is 0 Å². The number of carbonyl (C=O) groups excluding carboxylic acids is 1. The summed E-state index contributed by atoms with van der Waals surface area (Å²) in [5, 5.41) is 12.1. The highest BCUT2D eigenvalue weighted by Gasteiger charge is 2.30. The Morgan fingerprint density at radius 2 is 2.05 bits per heavy atom. The largest absolute Gasteiger partial charge is 0.337 e. The highest BCUT2D eigenvalue weighted by Crippen LogP contribution is 2.15. The predicted octanol–water partition coefficient (Wildman–Crippen LogP) is 2.48. The van der Waals surface area contributed by atoms with Crippen LogP contribution in [0.5, 0.6) is 0 Å². The standard InChI is InChI=1S/C17H25N3O/c1-13(2)17(4,12-18)19-16(21)11-20(5)10-15-9-7-6-8-14(15)3/h6-9,13H,10-11H2,1-5H3,(H,19,21)/t17-/m1/s1. The van der Waals surface area contributed by atoms with Crippen LogP contribution in [0.2, 0.25) is 0 Å². The van der Waals surface area contributed by atoms with Gasteiger partial charge in [-0.25, -0.2) is 0 Å². The molecule has 0 aromatic heterocycles. The Labute approximate surface area is 127 Å². The van der Waals surface area contributed by atoms with E-state index in [4.69, 9.17) is 0 Å². The third-order valence-electron chi connectivity index (χ3n) is 3.90. The summed E-state index contributed by atoms with van der Waals surface area (Å²) in [7, 11) is 1.91. The number of hydrogen-bond acceptors (Lipinski definition) is 3. The molecule has 0 bridgehead atoms. The third-order valence-corrected chi connectivity index (χ3v) is 3.90. The fourth-order valence-electron chi connectivity index (χ4n) is 2.01. The van der Waals surface area contributed by atoms with Crippen molar-refractivity contribution < 1.29 is 4.79 Å². The van der Waals surface area contributed by atoms with Crippen molar-refractivity contribution in [3.8, 4) is 6.07 Å². The molecule has 0 fully saturated rings. The second kappa shape index (κ2) is 7.24. The van der Waals surface area contributed by atoms with Crippen molar-refractivity contribution in [3.05, 3.63) is 35.4 Å². The normalized spacial score (nSPS) is 13.8. The summed E-state index contributed by atoms with van der Waals surface area (Å²) in [6.07, 6.45) is 0. The van der Waals surface area contributed by atoms with Gasteiger partial charge in [0.05, 0.1) is 12.6 Å². The van der Waals surface area contributed by atoms with Crippen LogP contribution >= 0.6 is 0 Å². The zero-order chi connectivity index (χ0) is 16.0. The predicted molar refractivity (Wildman–Crippen MR) is 84.5 cm³/mol. The molecule has 1 aromatic carbocycles. The van der Waals surface area contributed by atoms with E-state index in [1.165, 1.54) is 11.1 Å². The number of nitrogens with zero attached hydrogens (tertiary/aromatic N) is 2. The molecule has 0 aliphatic rings. The Balaban J connectivity index is 2.59. The molecule has 0 saturated carbocycles. The molecule has 114 valence electrons. The first-order chi connectivity index (χ1) is 9.78. The van der Waals surface area contributed by atoms with Crippen molar-refractivity contribution in [1.29, 1.82) is 5.26 Å². The summed E-state index contributed by atoms with van der Waals surface area (Å²) in [5.41, 5.74) is 1.61. The van der Waals surface area contributed by atoms with Crippen molar-refractivity contribution >= 4 is 5.91 Å². The molecule has 1 amide bonds. The van der Waals surface area contributed by atoms with E-state index >= 15 is 0 Å². The van der Waals surface area contributed by atoms with Crippen LogP contribution < -0.4 is 5.32 Å². The van der Waals surface area contributed by atoms with Crippen LogP contribution in [-0.4, -0.2) is 29.9 Å². The average Bonchev–Trinajstić information content (AvgIpc) is 2.40. The monoisotopic (exact) mass is 287 g/mol. The summed E-state index contributed by atoms with van der Waals surface area (Å²) in [5.74, 6) is -0.0584. The number of amides is 1. The van der Waals surface area contributed by atoms with E-state index in [-0.39, 0.29) is 18.4 Å². The van der Waals surface area contributed by atoms with Crippen LogP contribution in [0.4, 0.5) is 0 Å². The van der Waals surface area contributed by atoms with Crippen LogP contribution in [0.3, 0.4) is 0 Å². The molecule has 0 spiro atoms. The van der Waals surface area contributed by atoms with Crippen molar-refractivity contribution in [2.24, 2.45) is 5.92 Å². The van der Waals surface area contributed by atoms with Gasteiger partial charge in [0.1, 0.15) is 5.54 Å². The number of benzene rings is 1. The van der Waals surface area contributed by atoms with Crippen molar-refractivity contribution in [3.63, 3.8) is 0 Å². The maximum Gasteiger partial charge on any atom is 0.235 e. The lowest BCUT2D eigenvalue weighted by Crippen LogP contribution is -2.51. The number of likely N-dealkylation sites (N-methyl/N-ethyl adjacent to an activating group) is 1. The highest BCUT2D eigenvalue weighted by atomic mass is 16.2. The molecule has 0 aliphatic carbocycles. The highest BCUT2D eigenvalue weighted by molar-refractivity contribution is 5.79. The first-order valence-corrected chi connectivity index (χ1v) is 7.24. The van der Waals surface area contributed by atoms with Crippen LogP contribution in [0.1, 0.15) is 31.9 Å². The molecule has 0 unspecified atom stereocenters. The number of carbonyl (C=O) groups is 1. The number of hydrogen-bond donors (Lipinski definition) is 1. The van der Waals surface area contributed by atoms with Gasteiger partial charge in [-0.3, -0.25) is 9.69 Å². The average molecular weight is 287 g/mol. The molecule has 0 heterocycles. The number of aryl methyl sites for hydroxylation is 1. The summed E-state index contributed by atoms with van der Waals surface area (Å²) >= 11 is 0. The fraction of sp³-hybridized carbons (Fsp3) is 0.529. The molecule has 1 aromatic rings. The van der Waals surface area contributed by atoms with Gasteiger partial charge in [0.2, 0.25) is 5.91 Å². The second-order valence-corrected chi connectivity index (χ2v) is 6.12. The minimum absolute atomic E-state index is 0.0631. The molecule has 0 aliphatic heterocycles. The van der Waals surface area contributed by atoms with E-state index in [2.05, 4.69) is 30.4 Å². The summed E-state index contributed by atoms with van der Waals surface area (Å²) in [4.78, 5) is 14.1. The minimum atomic E-state index is -0.819. The molecule has 4 heteroatoms. The van der Waals surface area contributed by atoms with E-state index in [1.54, 1.807) is 6.92 Å². The number of rotatable bonds is 6. The lowest BCUT2D eigenvalue weighted by atomic mass is 9.90. The Morgan fingerprint density at radius 1 is 1.43 bits per heavy atom. The van der Waals surface area contributed by atoms with Crippen LogP contribution in [0.15, 0.2) is 24.3 Å². The van der Waals surface area contributed by atoms with Gasteiger partial charge in [0, 0.05) is 6.54 Å². The van der Waals surface area contributed by atoms with Gasteiger partial charge in [0.25, 0.3) is 0 Å². The molecular formula is C17H25N3O. The molecule has 0 saturated heterocycles. The van der Waals surface area contributed by atoms with Gasteiger partial charge in [0.15, 0.2) is 0 Å². The Kier molecular flexibility index (Phi) is 5.92. The summed E-state index contributed by atoms with van der Waals surface area (Å²) in [6, 6.07) is 10.3. The minimum Gasteiger partial charge on any atom is -0.337 e. The lowest BCUT2D eigenvalue weighted by Gasteiger charge is -2.28. The van der Waals surface area contributed by atoms with E-state index in [9.17, 15) is 10.1 Å². The van der Waals surface area contributed by atoms with E-state index in [0.29, 0.717) is 6.54 Å². The SMILES string of the molecule is Cc1ccccc1CN(C)CC(=O)N[C@](C)(C#N)C(C)C. The zero-order valence-corrected chi connectivity index (χ0v) is 13.6. The maximum absolute atomic E-state index is 12.1. The fourth-order valence-corrected chi connectivity index (χ4v) is 2.01. The maximum atomic E-state index is 12.1. The Morgan fingerprint density at radius 3 is 2.57 bits per heavy atom. The zero-order valence-electron chi connectivity index (χ0n) is 13.6. The summed E-state index contributed by atoms with van der Waals surface area (Å²) < 4.78 is 0. The van der Waals surface area contributed by atoms with E-state index in [1.807, 2.05) is 37.9 Å². The van der Waals surface area contributed by atoms with E-state index in [0.717, 1.165) is 0 Å². The van der Waals surface area contributed by atoms with Gasteiger partial charge < -0.3 is 5.32 Å². The molecular weight excluding hydrogens is 262 g/mol. The molecule has 4 nitrogen and oxygen atoms in total. The first kappa shape index (κ1) is 17.2. The number of nitriles is 1. The second-order valence-electron chi connectivity index (χ2n) is 6.12. The Hall–Kier alpha value is -1.86. The molecule has 0 radical (unpaired) electrons. The third kappa shape index (κ3) is 4.87. The lowest BCUT2D eigenvalue weighted by molar-refractivity contribution is -0.123. The van der Waals surface area contributed by atoms with Crippen LogP contribution in [0, 0.1) is 24.2 Å². The molecule has 1 atom stereocenters. The quantitative estimate of drug-likeness (QED) is 0.874. The summed E-state index contributed by atoms with van der Waals surface area (Å²) in [6.45, 7) is 8.68. The van der Waals surface area contributed by atoms with Crippen molar-refractivity contribution in [2.75, 3.05) is 13.6 Å². The Bertz CT molecular complexity index is 533. The molecule has 1 N–H and O–H groups in total. The molecule has 1 rings (SSSR count). The smallest absolute Gasteiger partial charge is 0.235 e. The number of nitrogens with one attached hydrogen (secondary N) is 1. The van der Waals surface area contributed by atoms with Gasteiger partial charge in [-0.1, -0.05) is 38.1 Å². The van der Waals surface area contributed by atoms with Gasteiger partial charge in [-0.05, 0) is 37.9 Å². The topological polar surface area (TPSA) is 56.1 Å². The van der Waals surface area contributed by atoms with E-state index < -0.39 is 5.54 Å². The first-order valence-electron chi connectivity index (χ1n) is 7.24. The van der Waals surface area contributed by atoms with Gasteiger partial charge in [-0.2, -0.15) is 5.26 Å². The van der Waals surface area contributed by atoms with Crippen molar-refractivity contribution in [1.82, 2.24) is 10.2 Å². The van der Waals surface area contributed by atoms with Crippen LogP contribution in [-0.2, 0) is 11.3 Å².